The van der Waals surface area contributed by atoms with Crippen molar-refractivity contribution in [3.63, 3.8) is 0 Å². The molecule has 0 aliphatic carbocycles. The number of primary amides is 1. The molecule has 0 aromatic carbocycles. The Morgan fingerprint density at radius 1 is 1.58 bits per heavy atom. The van der Waals surface area contributed by atoms with Crippen molar-refractivity contribution in [2.75, 3.05) is 6.54 Å². The molecule has 12 heavy (non-hydrogen) atoms. The lowest BCUT2D eigenvalue weighted by atomic mass is 9.91. The largest absolute Gasteiger partial charge is 0.352 e. The van der Waals surface area contributed by atoms with Crippen molar-refractivity contribution in [1.29, 1.82) is 0 Å². The van der Waals surface area contributed by atoms with Gasteiger partial charge in [0.2, 0.25) is 0 Å². The number of nitrogens with one attached hydrogen (secondary N) is 1. The Kier molecular flexibility index (Phi) is 4.03. The van der Waals surface area contributed by atoms with Crippen LogP contribution < -0.4 is 16.8 Å². The van der Waals surface area contributed by atoms with Crippen LogP contribution in [-0.2, 0) is 0 Å². The van der Waals surface area contributed by atoms with Crippen molar-refractivity contribution < 1.29 is 4.79 Å². The van der Waals surface area contributed by atoms with Crippen LogP contribution in [0.2, 0.25) is 0 Å². The van der Waals surface area contributed by atoms with Gasteiger partial charge in [-0.2, -0.15) is 0 Å². The molecule has 0 radical (unpaired) electrons. The first-order chi connectivity index (χ1) is 5.39. The highest BCUT2D eigenvalue weighted by molar-refractivity contribution is 5.72. The van der Waals surface area contributed by atoms with E-state index >= 15 is 0 Å². The van der Waals surface area contributed by atoms with Gasteiger partial charge in [0.15, 0.2) is 0 Å². The van der Waals surface area contributed by atoms with E-state index in [1.165, 1.54) is 0 Å². The molecule has 0 spiro atoms. The molecule has 72 valence electrons. The summed E-state index contributed by atoms with van der Waals surface area (Å²) in [5, 5.41) is 2.65. The van der Waals surface area contributed by atoms with Gasteiger partial charge in [-0.25, -0.2) is 4.79 Å². The van der Waals surface area contributed by atoms with E-state index in [-0.39, 0.29) is 5.54 Å². The van der Waals surface area contributed by atoms with Gasteiger partial charge >= 0.3 is 6.03 Å². The lowest BCUT2D eigenvalue weighted by Crippen LogP contribution is -2.53. The molecule has 0 aromatic rings. The predicted molar refractivity (Wildman–Crippen MR) is 49.6 cm³/mol. The molecule has 0 fully saturated rings. The molecule has 4 heteroatoms. The average Bonchev–Trinajstić information content (AvgIpc) is 1.83. The van der Waals surface area contributed by atoms with Crippen LogP contribution >= 0.6 is 0 Å². The molecule has 4 nitrogen and oxygen atoms in total. The Morgan fingerprint density at radius 3 is 2.33 bits per heavy atom. The fourth-order valence-electron chi connectivity index (χ4n) is 1.38. The third kappa shape index (κ3) is 4.18. The first-order valence-corrected chi connectivity index (χ1v) is 4.17. The summed E-state index contributed by atoms with van der Waals surface area (Å²) in [6.07, 6.45) is 0.840. The highest BCUT2D eigenvalue weighted by Gasteiger charge is 2.24. The Labute approximate surface area is 73.7 Å². The van der Waals surface area contributed by atoms with Crippen LogP contribution in [0.5, 0.6) is 0 Å². The van der Waals surface area contributed by atoms with E-state index in [9.17, 15) is 4.79 Å². The maximum atomic E-state index is 10.6. The topological polar surface area (TPSA) is 81.1 Å². The van der Waals surface area contributed by atoms with Crippen LogP contribution in [-0.4, -0.2) is 18.1 Å². The average molecular weight is 173 g/mol. The summed E-state index contributed by atoms with van der Waals surface area (Å²) in [5.41, 5.74) is 10.2. The molecule has 1 atom stereocenters. The molecule has 0 rings (SSSR count). The number of nitrogens with two attached hydrogens (primary N) is 2. The van der Waals surface area contributed by atoms with Crippen molar-refractivity contribution in [1.82, 2.24) is 5.32 Å². The third-order valence-electron chi connectivity index (χ3n) is 1.73. The first kappa shape index (κ1) is 11.2. The van der Waals surface area contributed by atoms with E-state index < -0.39 is 6.03 Å². The quantitative estimate of drug-likeness (QED) is 0.576. The Bertz CT molecular complexity index is 158. The highest BCUT2D eigenvalue weighted by atomic mass is 16.2. The SMILES string of the molecule is CC(C)CC(C)(CN)NC(N)=O. The summed E-state index contributed by atoms with van der Waals surface area (Å²) in [6.45, 7) is 6.47. The van der Waals surface area contributed by atoms with Crippen molar-refractivity contribution in [2.24, 2.45) is 17.4 Å². The van der Waals surface area contributed by atoms with Crippen molar-refractivity contribution in [3.05, 3.63) is 0 Å². The van der Waals surface area contributed by atoms with Crippen LogP contribution in [0.3, 0.4) is 0 Å². The van der Waals surface area contributed by atoms with Gasteiger partial charge in [0.25, 0.3) is 0 Å². The van der Waals surface area contributed by atoms with Gasteiger partial charge < -0.3 is 16.8 Å². The molecule has 0 aliphatic rings. The number of hydrogen-bond donors (Lipinski definition) is 3. The zero-order valence-corrected chi connectivity index (χ0v) is 8.05. The second kappa shape index (κ2) is 4.30. The maximum absolute atomic E-state index is 10.6. The molecule has 0 bridgehead atoms. The molecule has 0 aliphatic heterocycles. The van der Waals surface area contributed by atoms with Crippen LogP contribution in [0, 0.1) is 5.92 Å². The summed E-state index contributed by atoms with van der Waals surface area (Å²) < 4.78 is 0. The van der Waals surface area contributed by atoms with Crippen LogP contribution in [0.1, 0.15) is 27.2 Å². The fraction of sp³-hybridized carbons (Fsp3) is 0.875. The summed E-state index contributed by atoms with van der Waals surface area (Å²) in [7, 11) is 0. The van der Waals surface area contributed by atoms with Gasteiger partial charge in [-0.15, -0.1) is 0 Å². The summed E-state index contributed by atoms with van der Waals surface area (Å²) in [4.78, 5) is 10.6. The van der Waals surface area contributed by atoms with E-state index in [0.29, 0.717) is 12.5 Å². The molecular formula is C8H19N3O. The van der Waals surface area contributed by atoms with Crippen molar-refractivity contribution in [2.45, 2.75) is 32.7 Å². The number of amides is 2. The second-order valence-electron chi connectivity index (χ2n) is 3.85. The number of hydrogen-bond acceptors (Lipinski definition) is 2. The van der Waals surface area contributed by atoms with Gasteiger partial charge in [-0.1, -0.05) is 13.8 Å². The minimum absolute atomic E-state index is 0.361. The lowest BCUT2D eigenvalue weighted by Gasteiger charge is -2.30. The number of carbonyl (C=O) groups is 1. The third-order valence-corrected chi connectivity index (χ3v) is 1.73. The normalized spacial score (nSPS) is 15.8. The molecule has 2 amide bonds. The lowest BCUT2D eigenvalue weighted by molar-refractivity contribution is 0.229. The summed E-state index contributed by atoms with van der Waals surface area (Å²) in [5.74, 6) is 0.491. The Morgan fingerprint density at radius 2 is 2.08 bits per heavy atom. The highest BCUT2D eigenvalue weighted by Crippen LogP contribution is 2.14. The van der Waals surface area contributed by atoms with E-state index in [1.807, 2.05) is 6.92 Å². The number of carbonyl (C=O) groups excluding carboxylic acids is 1. The molecule has 5 N–H and O–H groups in total. The summed E-state index contributed by atoms with van der Waals surface area (Å²) in [6, 6.07) is -0.511. The standard InChI is InChI=1S/C8H19N3O/c1-6(2)4-8(3,5-9)11-7(10)12/h6H,4-5,9H2,1-3H3,(H3,10,11,12). The minimum Gasteiger partial charge on any atom is -0.352 e. The molecule has 0 aromatic heterocycles. The molecule has 0 saturated heterocycles. The van der Waals surface area contributed by atoms with E-state index in [2.05, 4.69) is 19.2 Å². The van der Waals surface area contributed by atoms with Crippen molar-refractivity contribution in [3.8, 4) is 0 Å². The van der Waals surface area contributed by atoms with Crippen LogP contribution in [0.4, 0.5) is 4.79 Å². The molecular weight excluding hydrogens is 154 g/mol. The van der Waals surface area contributed by atoms with Gasteiger partial charge in [-0.05, 0) is 19.3 Å². The van der Waals surface area contributed by atoms with Gasteiger partial charge in [0.1, 0.15) is 0 Å². The fourth-order valence-corrected chi connectivity index (χ4v) is 1.38. The number of rotatable bonds is 4. The van der Waals surface area contributed by atoms with E-state index in [0.717, 1.165) is 6.42 Å². The van der Waals surface area contributed by atoms with Crippen LogP contribution in [0.15, 0.2) is 0 Å². The zero-order valence-electron chi connectivity index (χ0n) is 8.05. The van der Waals surface area contributed by atoms with Gasteiger partial charge in [-0.3, -0.25) is 0 Å². The Balaban J connectivity index is 4.13. The number of urea groups is 1. The first-order valence-electron chi connectivity index (χ1n) is 4.17. The minimum atomic E-state index is -0.511. The molecule has 1 unspecified atom stereocenters. The smallest absolute Gasteiger partial charge is 0.312 e. The zero-order chi connectivity index (χ0) is 9.78. The monoisotopic (exact) mass is 173 g/mol. The summed E-state index contributed by atoms with van der Waals surface area (Å²) >= 11 is 0. The Hall–Kier alpha value is -0.770. The maximum Gasteiger partial charge on any atom is 0.312 e. The van der Waals surface area contributed by atoms with Crippen molar-refractivity contribution >= 4 is 6.03 Å². The molecule has 0 heterocycles. The van der Waals surface area contributed by atoms with Gasteiger partial charge in [0, 0.05) is 6.54 Å². The molecule has 0 saturated carbocycles. The van der Waals surface area contributed by atoms with E-state index in [4.69, 9.17) is 11.5 Å². The van der Waals surface area contributed by atoms with E-state index in [1.54, 1.807) is 0 Å². The van der Waals surface area contributed by atoms with Gasteiger partial charge in [0.05, 0.1) is 5.54 Å². The second-order valence-corrected chi connectivity index (χ2v) is 3.85. The van der Waals surface area contributed by atoms with Crippen LogP contribution in [0.25, 0.3) is 0 Å². The predicted octanol–water partition coefficient (Wildman–Crippen LogP) is 0.418.